The van der Waals surface area contributed by atoms with Gasteiger partial charge in [0.05, 0.1) is 5.69 Å². The molecule has 0 amide bonds. The quantitative estimate of drug-likeness (QED) is 0.807. The van der Waals surface area contributed by atoms with E-state index in [9.17, 15) is 4.39 Å². The van der Waals surface area contributed by atoms with Crippen LogP contribution < -0.4 is 0 Å². The molecule has 0 unspecified atom stereocenters. The second-order valence-electron chi connectivity index (χ2n) is 4.39. The minimum absolute atomic E-state index is 0.216. The van der Waals surface area contributed by atoms with E-state index in [1.54, 1.807) is 0 Å². The van der Waals surface area contributed by atoms with Crippen LogP contribution in [0.1, 0.15) is 38.3 Å². The van der Waals surface area contributed by atoms with Crippen molar-refractivity contribution >= 4 is 11.8 Å². The van der Waals surface area contributed by atoms with E-state index in [1.807, 2.05) is 32.3 Å². The van der Waals surface area contributed by atoms with Gasteiger partial charge in [-0.2, -0.15) is 0 Å². The lowest BCUT2D eigenvalue weighted by Crippen LogP contribution is -2.05. The smallest absolute Gasteiger partial charge is 0.197 e. The molecule has 5 nitrogen and oxygen atoms in total. The average molecular weight is 281 g/mol. The highest BCUT2D eigenvalue weighted by molar-refractivity contribution is 7.99. The van der Waals surface area contributed by atoms with Crippen LogP contribution in [0.3, 0.4) is 0 Å². The molecule has 0 aliphatic carbocycles. The van der Waals surface area contributed by atoms with Crippen LogP contribution in [0.25, 0.3) is 0 Å². The number of halogens is 1. The Hall–Kier alpha value is -1.50. The summed E-state index contributed by atoms with van der Waals surface area (Å²) in [5.74, 6) is 0.439. The number of hydrogen-bond acceptors (Lipinski definition) is 5. The van der Waals surface area contributed by atoms with Gasteiger partial charge in [0.25, 0.3) is 0 Å². The lowest BCUT2D eigenvalue weighted by Gasteiger charge is -2.11. The fraction of sp³-hybridized carbons (Fsp3) is 0.500. The molecule has 102 valence electrons. The van der Waals surface area contributed by atoms with E-state index in [4.69, 9.17) is 0 Å². The molecule has 0 aromatic carbocycles. The minimum Gasteiger partial charge on any atom is -0.303 e. The van der Waals surface area contributed by atoms with Crippen LogP contribution in [0.2, 0.25) is 0 Å². The fourth-order valence-corrected chi connectivity index (χ4v) is 2.81. The van der Waals surface area contributed by atoms with Crippen LogP contribution in [0, 0.1) is 12.7 Å². The Morgan fingerprint density at radius 2 is 2.05 bits per heavy atom. The Balaban J connectivity index is 2.37. The predicted octanol–water partition coefficient (Wildman–Crippen LogP) is 2.81. The first kappa shape index (κ1) is 13.9. The van der Waals surface area contributed by atoms with Crippen molar-refractivity contribution < 1.29 is 4.39 Å². The van der Waals surface area contributed by atoms with E-state index in [0.29, 0.717) is 22.3 Å². The number of aryl methyl sites for hydroxylation is 2. The Morgan fingerprint density at radius 3 is 2.68 bits per heavy atom. The third kappa shape index (κ3) is 2.75. The minimum atomic E-state index is -0.369. The highest BCUT2D eigenvalue weighted by atomic mass is 32.2. The maximum Gasteiger partial charge on any atom is 0.197 e. The molecule has 0 N–H and O–H groups in total. The lowest BCUT2D eigenvalue weighted by atomic mass is 10.3. The summed E-state index contributed by atoms with van der Waals surface area (Å²) in [6, 6.07) is 0.216. The van der Waals surface area contributed by atoms with Gasteiger partial charge >= 0.3 is 0 Å². The van der Waals surface area contributed by atoms with Gasteiger partial charge in [-0.05, 0) is 39.0 Å². The lowest BCUT2D eigenvalue weighted by molar-refractivity contribution is 0.532. The third-order valence-corrected chi connectivity index (χ3v) is 3.64. The van der Waals surface area contributed by atoms with E-state index in [1.165, 1.54) is 18.1 Å². The molecule has 0 saturated heterocycles. The van der Waals surface area contributed by atoms with Crippen molar-refractivity contribution in [3.63, 3.8) is 0 Å². The Bertz CT molecular complexity index is 581. The van der Waals surface area contributed by atoms with Gasteiger partial charge in [0.2, 0.25) is 0 Å². The molecule has 2 rings (SSSR count). The molecule has 0 atom stereocenters. The summed E-state index contributed by atoms with van der Waals surface area (Å²) in [4.78, 5) is 7.91. The van der Waals surface area contributed by atoms with Crippen LogP contribution in [0.4, 0.5) is 4.39 Å². The SMILES string of the molecule is CCc1ncnc(Sc2nnc(C)n2C(C)C)c1F. The second kappa shape index (κ2) is 5.64. The predicted molar refractivity (Wildman–Crippen MR) is 70.6 cm³/mol. The first-order valence-corrected chi connectivity index (χ1v) is 6.95. The average Bonchev–Trinajstić information content (AvgIpc) is 2.73. The molecule has 0 aliphatic rings. The largest absolute Gasteiger partial charge is 0.303 e. The summed E-state index contributed by atoms with van der Waals surface area (Å²) in [5, 5.41) is 9.05. The fourth-order valence-electron chi connectivity index (χ4n) is 1.81. The number of rotatable bonds is 4. The maximum atomic E-state index is 14.1. The topological polar surface area (TPSA) is 56.5 Å². The van der Waals surface area contributed by atoms with Crippen molar-refractivity contribution in [2.45, 2.75) is 50.3 Å². The molecule has 2 aromatic heterocycles. The van der Waals surface area contributed by atoms with Gasteiger partial charge in [-0.1, -0.05) is 6.92 Å². The van der Waals surface area contributed by atoms with E-state index < -0.39 is 0 Å². The van der Waals surface area contributed by atoms with Crippen LogP contribution in [0.15, 0.2) is 16.5 Å². The Kier molecular flexibility index (Phi) is 4.14. The first-order valence-electron chi connectivity index (χ1n) is 6.13. The van der Waals surface area contributed by atoms with Gasteiger partial charge in [0.15, 0.2) is 11.0 Å². The molecule has 19 heavy (non-hydrogen) atoms. The van der Waals surface area contributed by atoms with Crippen molar-refractivity contribution in [2.75, 3.05) is 0 Å². The normalized spacial score (nSPS) is 11.3. The van der Waals surface area contributed by atoms with Gasteiger partial charge in [0.1, 0.15) is 17.2 Å². The highest BCUT2D eigenvalue weighted by Crippen LogP contribution is 2.29. The molecule has 2 aromatic rings. The van der Waals surface area contributed by atoms with E-state index in [2.05, 4.69) is 20.2 Å². The monoisotopic (exact) mass is 281 g/mol. The molecule has 7 heteroatoms. The van der Waals surface area contributed by atoms with Gasteiger partial charge < -0.3 is 4.57 Å². The number of aromatic nitrogens is 5. The van der Waals surface area contributed by atoms with Gasteiger partial charge in [0, 0.05) is 6.04 Å². The van der Waals surface area contributed by atoms with E-state index >= 15 is 0 Å². The van der Waals surface area contributed by atoms with Gasteiger partial charge in [-0.15, -0.1) is 10.2 Å². The standard InChI is InChI=1S/C12H16FN5S/c1-5-9-10(13)11(15-6-14-9)19-12-17-16-8(4)18(12)7(2)3/h6-7H,5H2,1-4H3. The molecule has 0 radical (unpaired) electrons. The van der Waals surface area contributed by atoms with Crippen molar-refractivity contribution in [2.24, 2.45) is 0 Å². The molecule has 0 aliphatic heterocycles. The maximum absolute atomic E-state index is 14.1. The number of nitrogens with zero attached hydrogens (tertiary/aromatic N) is 5. The van der Waals surface area contributed by atoms with Crippen LogP contribution in [-0.2, 0) is 6.42 Å². The van der Waals surface area contributed by atoms with E-state index in [0.717, 1.165) is 5.82 Å². The van der Waals surface area contributed by atoms with E-state index in [-0.39, 0.29) is 11.9 Å². The molecule has 0 saturated carbocycles. The summed E-state index contributed by atoms with van der Waals surface area (Å²) in [6.45, 7) is 7.81. The Labute approximate surface area is 115 Å². The van der Waals surface area contributed by atoms with Crippen molar-refractivity contribution in [3.8, 4) is 0 Å². The molecular weight excluding hydrogens is 265 g/mol. The highest BCUT2D eigenvalue weighted by Gasteiger charge is 2.17. The van der Waals surface area contributed by atoms with Gasteiger partial charge in [-0.3, -0.25) is 0 Å². The van der Waals surface area contributed by atoms with Crippen LogP contribution in [-0.4, -0.2) is 24.7 Å². The zero-order chi connectivity index (χ0) is 14.0. The zero-order valence-corrected chi connectivity index (χ0v) is 12.2. The van der Waals surface area contributed by atoms with Crippen molar-refractivity contribution in [3.05, 3.63) is 23.7 Å². The van der Waals surface area contributed by atoms with Crippen molar-refractivity contribution in [1.29, 1.82) is 0 Å². The molecular formula is C12H16FN5S. The summed E-state index contributed by atoms with van der Waals surface area (Å²) < 4.78 is 16.1. The second-order valence-corrected chi connectivity index (χ2v) is 5.34. The first-order chi connectivity index (χ1) is 9.04. The van der Waals surface area contributed by atoms with Crippen LogP contribution in [0.5, 0.6) is 0 Å². The van der Waals surface area contributed by atoms with Crippen LogP contribution >= 0.6 is 11.8 Å². The summed E-state index contributed by atoms with van der Waals surface area (Å²) >= 11 is 1.18. The molecule has 0 bridgehead atoms. The summed E-state index contributed by atoms with van der Waals surface area (Å²) in [7, 11) is 0. The summed E-state index contributed by atoms with van der Waals surface area (Å²) in [5.41, 5.74) is 0.421. The summed E-state index contributed by atoms with van der Waals surface area (Å²) in [6.07, 6.45) is 1.92. The molecule has 0 fully saturated rings. The van der Waals surface area contributed by atoms with Crippen molar-refractivity contribution in [1.82, 2.24) is 24.7 Å². The Morgan fingerprint density at radius 1 is 1.32 bits per heavy atom. The zero-order valence-electron chi connectivity index (χ0n) is 11.4. The van der Waals surface area contributed by atoms with Gasteiger partial charge in [-0.25, -0.2) is 14.4 Å². The third-order valence-electron chi connectivity index (χ3n) is 2.70. The molecule has 2 heterocycles. The molecule has 0 spiro atoms. The number of hydrogen-bond donors (Lipinski definition) is 0.